The van der Waals surface area contributed by atoms with E-state index in [2.05, 4.69) is 10.6 Å². The molecule has 3 N–H and O–H groups in total. The Balaban J connectivity index is 2.41. The Labute approximate surface area is 137 Å². The SMILES string of the molecule is CNC(=O)NC(=O)[C@H](C)OC(=O)CNC(=O)c1ccc(Cl)cc1. The zero-order chi connectivity index (χ0) is 17.4. The van der Waals surface area contributed by atoms with Crippen LogP contribution in [0.15, 0.2) is 24.3 Å². The van der Waals surface area contributed by atoms with Crippen LogP contribution in [-0.2, 0) is 14.3 Å². The van der Waals surface area contributed by atoms with Crippen LogP contribution in [0.1, 0.15) is 17.3 Å². The van der Waals surface area contributed by atoms with Gasteiger partial charge in [-0.2, -0.15) is 0 Å². The third-order valence-corrected chi connectivity index (χ3v) is 2.89. The van der Waals surface area contributed by atoms with E-state index in [1.165, 1.54) is 26.1 Å². The number of carbonyl (C=O) groups is 4. The molecule has 1 aromatic rings. The number of esters is 1. The van der Waals surface area contributed by atoms with Crippen molar-refractivity contribution >= 4 is 35.4 Å². The fraction of sp³-hybridized carbons (Fsp3) is 0.286. The van der Waals surface area contributed by atoms with Crippen molar-refractivity contribution in [2.24, 2.45) is 0 Å². The third-order valence-electron chi connectivity index (χ3n) is 2.64. The highest BCUT2D eigenvalue weighted by Crippen LogP contribution is 2.09. The van der Waals surface area contributed by atoms with Crippen LogP contribution in [0.25, 0.3) is 0 Å². The van der Waals surface area contributed by atoms with Gasteiger partial charge in [0.15, 0.2) is 6.10 Å². The molecule has 0 saturated heterocycles. The molecule has 0 bridgehead atoms. The zero-order valence-corrected chi connectivity index (χ0v) is 13.3. The van der Waals surface area contributed by atoms with E-state index in [9.17, 15) is 19.2 Å². The molecule has 0 saturated carbocycles. The van der Waals surface area contributed by atoms with E-state index in [0.29, 0.717) is 10.6 Å². The molecule has 0 aromatic heterocycles. The minimum Gasteiger partial charge on any atom is -0.451 e. The van der Waals surface area contributed by atoms with E-state index in [1.807, 2.05) is 5.32 Å². The van der Waals surface area contributed by atoms with Crippen LogP contribution in [0.5, 0.6) is 0 Å². The Bertz CT molecular complexity index is 603. The number of ether oxygens (including phenoxy) is 1. The average molecular weight is 342 g/mol. The molecule has 23 heavy (non-hydrogen) atoms. The monoisotopic (exact) mass is 341 g/mol. The smallest absolute Gasteiger partial charge is 0.326 e. The van der Waals surface area contributed by atoms with Gasteiger partial charge in [0.2, 0.25) is 0 Å². The summed E-state index contributed by atoms with van der Waals surface area (Å²) in [5.74, 6) is -2.07. The van der Waals surface area contributed by atoms with Crippen molar-refractivity contribution in [2.45, 2.75) is 13.0 Å². The number of rotatable bonds is 5. The van der Waals surface area contributed by atoms with Crippen molar-refractivity contribution < 1.29 is 23.9 Å². The lowest BCUT2D eigenvalue weighted by Crippen LogP contribution is -2.44. The maximum absolute atomic E-state index is 11.8. The summed E-state index contributed by atoms with van der Waals surface area (Å²) in [7, 11) is 1.34. The number of hydrogen-bond acceptors (Lipinski definition) is 5. The zero-order valence-electron chi connectivity index (χ0n) is 12.5. The lowest BCUT2D eigenvalue weighted by molar-refractivity contribution is -0.153. The first-order valence-corrected chi connectivity index (χ1v) is 6.97. The Hall–Kier alpha value is -2.61. The fourth-order valence-electron chi connectivity index (χ4n) is 1.42. The molecular weight excluding hydrogens is 326 g/mol. The maximum atomic E-state index is 11.8. The summed E-state index contributed by atoms with van der Waals surface area (Å²) in [6.07, 6.45) is -1.17. The number of halogens is 1. The molecule has 0 spiro atoms. The number of urea groups is 1. The summed E-state index contributed by atoms with van der Waals surface area (Å²) < 4.78 is 4.80. The summed E-state index contributed by atoms with van der Waals surface area (Å²) in [6, 6.07) is 5.37. The molecule has 1 atom stereocenters. The van der Waals surface area contributed by atoms with Gasteiger partial charge in [-0.25, -0.2) is 4.79 Å². The molecule has 124 valence electrons. The van der Waals surface area contributed by atoms with Gasteiger partial charge < -0.3 is 15.4 Å². The van der Waals surface area contributed by atoms with Crippen molar-refractivity contribution in [3.63, 3.8) is 0 Å². The number of hydrogen-bond donors (Lipinski definition) is 3. The van der Waals surface area contributed by atoms with Crippen molar-refractivity contribution in [1.29, 1.82) is 0 Å². The second-order valence-electron chi connectivity index (χ2n) is 4.39. The Morgan fingerprint density at radius 3 is 2.35 bits per heavy atom. The number of nitrogens with one attached hydrogen (secondary N) is 3. The molecule has 1 aromatic carbocycles. The normalized spacial score (nSPS) is 11.1. The maximum Gasteiger partial charge on any atom is 0.326 e. The number of carbonyl (C=O) groups excluding carboxylic acids is 4. The van der Waals surface area contributed by atoms with E-state index in [4.69, 9.17) is 16.3 Å². The quantitative estimate of drug-likeness (QED) is 0.673. The highest BCUT2D eigenvalue weighted by Gasteiger charge is 2.19. The van der Waals surface area contributed by atoms with Gasteiger partial charge in [0.05, 0.1) is 0 Å². The van der Waals surface area contributed by atoms with Gasteiger partial charge in [0.1, 0.15) is 6.54 Å². The summed E-state index contributed by atoms with van der Waals surface area (Å²) in [5.41, 5.74) is 0.326. The Morgan fingerprint density at radius 1 is 1.17 bits per heavy atom. The van der Waals surface area contributed by atoms with E-state index < -0.39 is 36.5 Å². The van der Waals surface area contributed by atoms with Crippen LogP contribution in [-0.4, -0.2) is 43.5 Å². The number of imide groups is 1. The van der Waals surface area contributed by atoms with Gasteiger partial charge in [-0.15, -0.1) is 0 Å². The predicted molar refractivity (Wildman–Crippen MR) is 81.9 cm³/mol. The molecule has 4 amide bonds. The van der Waals surface area contributed by atoms with E-state index in [1.54, 1.807) is 12.1 Å². The molecular formula is C14H16ClN3O5. The predicted octanol–water partition coefficient (Wildman–Crippen LogP) is 0.457. The minimum absolute atomic E-state index is 0.326. The Kier molecular flexibility index (Phi) is 7.01. The highest BCUT2D eigenvalue weighted by atomic mass is 35.5. The number of amides is 4. The van der Waals surface area contributed by atoms with Crippen molar-refractivity contribution in [3.05, 3.63) is 34.9 Å². The van der Waals surface area contributed by atoms with Crippen LogP contribution in [0.2, 0.25) is 5.02 Å². The van der Waals surface area contributed by atoms with E-state index in [-0.39, 0.29) is 0 Å². The van der Waals surface area contributed by atoms with Gasteiger partial charge in [-0.3, -0.25) is 19.7 Å². The first kappa shape index (κ1) is 18.4. The molecule has 0 unspecified atom stereocenters. The second kappa shape index (κ2) is 8.74. The molecule has 0 aliphatic rings. The van der Waals surface area contributed by atoms with Crippen LogP contribution < -0.4 is 16.0 Å². The van der Waals surface area contributed by atoms with Crippen LogP contribution in [0.4, 0.5) is 4.79 Å². The Morgan fingerprint density at radius 2 is 1.78 bits per heavy atom. The lowest BCUT2D eigenvalue weighted by Gasteiger charge is -2.13. The topological polar surface area (TPSA) is 114 Å². The molecule has 9 heteroatoms. The summed E-state index contributed by atoms with van der Waals surface area (Å²) in [4.78, 5) is 45.8. The number of benzene rings is 1. The van der Waals surface area contributed by atoms with Crippen molar-refractivity contribution in [1.82, 2.24) is 16.0 Å². The third kappa shape index (κ3) is 6.35. The molecule has 0 fully saturated rings. The molecule has 0 heterocycles. The standard InChI is InChI=1S/C14H16ClN3O5/c1-8(12(20)18-14(22)16-2)23-11(19)7-17-13(21)9-3-5-10(15)6-4-9/h3-6,8H,7H2,1-2H3,(H,17,21)(H2,16,18,20,22)/t8-/m0/s1. The molecule has 1 rings (SSSR count). The molecule has 0 aliphatic carbocycles. The average Bonchev–Trinajstić information content (AvgIpc) is 2.52. The molecule has 8 nitrogen and oxygen atoms in total. The minimum atomic E-state index is -1.17. The van der Waals surface area contributed by atoms with Crippen LogP contribution in [0, 0.1) is 0 Å². The highest BCUT2D eigenvalue weighted by molar-refractivity contribution is 6.30. The van der Waals surface area contributed by atoms with Crippen LogP contribution >= 0.6 is 11.6 Å². The van der Waals surface area contributed by atoms with E-state index in [0.717, 1.165) is 0 Å². The summed E-state index contributed by atoms with van der Waals surface area (Å²) >= 11 is 5.71. The van der Waals surface area contributed by atoms with Crippen molar-refractivity contribution in [3.8, 4) is 0 Å². The first-order valence-electron chi connectivity index (χ1n) is 6.59. The van der Waals surface area contributed by atoms with Gasteiger partial charge in [-0.1, -0.05) is 11.6 Å². The largest absolute Gasteiger partial charge is 0.451 e. The van der Waals surface area contributed by atoms with E-state index >= 15 is 0 Å². The van der Waals surface area contributed by atoms with Gasteiger partial charge in [0.25, 0.3) is 11.8 Å². The summed E-state index contributed by atoms with van der Waals surface area (Å²) in [6.45, 7) is 0.885. The lowest BCUT2D eigenvalue weighted by atomic mass is 10.2. The first-order chi connectivity index (χ1) is 10.8. The van der Waals surface area contributed by atoms with Crippen molar-refractivity contribution in [2.75, 3.05) is 13.6 Å². The fourth-order valence-corrected chi connectivity index (χ4v) is 1.55. The summed E-state index contributed by atoms with van der Waals surface area (Å²) in [5, 5.41) is 6.98. The van der Waals surface area contributed by atoms with Gasteiger partial charge >= 0.3 is 12.0 Å². The second-order valence-corrected chi connectivity index (χ2v) is 4.83. The van der Waals surface area contributed by atoms with Gasteiger partial charge in [-0.05, 0) is 31.2 Å². The molecule has 0 aliphatic heterocycles. The van der Waals surface area contributed by atoms with Gasteiger partial charge in [0, 0.05) is 17.6 Å². The molecule has 0 radical (unpaired) electrons. The van der Waals surface area contributed by atoms with Crippen LogP contribution in [0.3, 0.4) is 0 Å².